The molecule has 0 unspecified atom stereocenters. The standard InChI is InChI=1S/C15H13N2/c1-3-13-4-6-14(7-5-13)8-9-15-10-11-17(2)12-16-15/h1,4-12H,2H3/q+1/b9-8+. The maximum Gasteiger partial charge on any atom is 0.286 e. The molecule has 82 valence electrons. The third-order valence-electron chi connectivity index (χ3n) is 2.39. The molecule has 2 heteroatoms. The van der Waals surface area contributed by atoms with Crippen molar-refractivity contribution in [3.63, 3.8) is 0 Å². The van der Waals surface area contributed by atoms with Gasteiger partial charge in [-0.1, -0.05) is 24.1 Å². The number of aromatic nitrogens is 2. The van der Waals surface area contributed by atoms with Crippen molar-refractivity contribution in [2.24, 2.45) is 7.05 Å². The summed E-state index contributed by atoms with van der Waals surface area (Å²) < 4.78 is 1.90. The molecule has 0 radical (unpaired) electrons. The smallest absolute Gasteiger partial charge is 0.240 e. The summed E-state index contributed by atoms with van der Waals surface area (Å²) in [6.45, 7) is 0. The van der Waals surface area contributed by atoms with E-state index in [2.05, 4.69) is 10.9 Å². The fourth-order valence-corrected chi connectivity index (χ4v) is 1.40. The highest BCUT2D eigenvalue weighted by atomic mass is 15.0. The van der Waals surface area contributed by atoms with Crippen molar-refractivity contribution in [3.8, 4) is 12.3 Å². The molecule has 0 spiro atoms. The third kappa shape index (κ3) is 3.02. The van der Waals surface area contributed by atoms with Crippen LogP contribution in [0.4, 0.5) is 0 Å². The van der Waals surface area contributed by atoms with Crippen molar-refractivity contribution in [1.29, 1.82) is 0 Å². The second kappa shape index (κ2) is 5.09. The van der Waals surface area contributed by atoms with E-state index in [1.807, 2.05) is 60.3 Å². The minimum absolute atomic E-state index is 0.895. The molecule has 1 aromatic heterocycles. The molecule has 0 atom stereocenters. The molecular formula is C15H13N2+. The van der Waals surface area contributed by atoms with Gasteiger partial charge in [0.2, 0.25) is 0 Å². The lowest BCUT2D eigenvalue weighted by Crippen LogP contribution is -2.27. The van der Waals surface area contributed by atoms with Crippen molar-refractivity contribution >= 4 is 12.2 Å². The highest BCUT2D eigenvalue weighted by Crippen LogP contribution is 2.07. The third-order valence-corrected chi connectivity index (χ3v) is 2.39. The first-order valence-electron chi connectivity index (χ1n) is 5.34. The molecule has 2 aromatic rings. The molecule has 2 nitrogen and oxygen atoms in total. The molecule has 0 aliphatic carbocycles. The van der Waals surface area contributed by atoms with Crippen molar-refractivity contribution in [2.45, 2.75) is 0 Å². The SMILES string of the molecule is C#Cc1ccc(/C=C/c2cc[n+](C)cn2)cc1. The number of nitrogens with zero attached hydrogens (tertiary/aromatic N) is 2. The lowest BCUT2D eigenvalue weighted by molar-refractivity contribution is -0.674. The molecule has 17 heavy (non-hydrogen) atoms. The Morgan fingerprint density at radius 2 is 1.94 bits per heavy atom. The van der Waals surface area contributed by atoms with Crippen LogP contribution in [-0.4, -0.2) is 4.98 Å². The minimum Gasteiger partial charge on any atom is -0.240 e. The van der Waals surface area contributed by atoms with Gasteiger partial charge in [-0.15, -0.1) is 6.42 Å². The van der Waals surface area contributed by atoms with Gasteiger partial charge in [-0.05, 0) is 28.8 Å². The van der Waals surface area contributed by atoms with Crippen molar-refractivity contribution in [2.75, 3.05) is 0 Å². The zero-order valence-electron chi connectivity index (χ0n) is 9.67. The average Bonchev–Trinajstić information content (AvgIpc) is 2.39. The van der Waals surface area contributed by atoms with Crippen molar-refractivity contribution in [3.05, 3.63) is 59.7 Å². The highest BCUT2D eigenvalue weighted by Gasteiger charge is 1.95. The van der Waals surface area contributed by atoms with E-state index < -0.39 is 0 Å². The summed E-state index contributed by atoms with van der Waals surface area (Å²) in [5.74, 6) is 2.59. The summed E-state index contributed by atoms with van der Waals surface area (Å²) in [4.78, 5) is 4.27. The molecule has 0 aliphatic rings. The Balaban J connectivity index is 2.14. The molecule has 1 heterocycles. The monoisotopic (exact) mass is 221 g/mol. The van der Waals surface area contributed by atoms with Gasteiger partial charge in [-0.25, -0.2) is 4.57 Å². The zero-order chi connectivity index (χ0) is 12.1. The van der Waals surface area contributed by atoms with Gasteiger partial charge in [0.25, 0.3) is 6.33 Å². The first kappa shape index (κ1) is 11.1. The summed E-state index contributed by atoms with van der Waals surface area (Å²) in [6.07, 6.45) is 13.0. The second-order valence-electron chi connectivity index (χ2n) is 3.75. The van der Waals surface area contributed by atoms with Gasteiger partial charge in [-0.3, -0.25) is 0 Å². The summed E-state index contributed by atoms with van der Waals surface area (Å²) in [6, 6.07) is 9.81. The number of rotatable bonds is 2. The Hall–Kier alpha value is -2.40. The summed E-state index contributed by atoms with van der Waals surface area (Å²) in [7, 11) is 1.94. The van der Waals surface area contributed by atoms with Crippen LogP contribution in [0, 0.1) is 12.3 Å². The van der Waals surface area contributed by atoms with E-state index in [0.717, 1.165) is 16.8 Å². The van der Waals surface area contributed by atoms with Crippen LogP contribution in [0.5, 0.6) is 0 Å². The van der Waals surface area contributed by atoms with E-state index in [4.69, 9.17) is 6.42 Å². The topological polar surface area (TPSA) is 16.8 Å². The molecular weight excluding hydrogens is 208 g/mol. The van der Waals surface area contributed by atoms with E-state index in [9.17, 15) is 0 Å². The van der Waals surface area contributed by atoms with E-state index in [1.54, 1.807) is 6.33 Å². The Kier molecular flexibility index (Phi) is 3.32. The van der Waals surface area contributed by atoms with Gasteiger partial charge in [0, 0.05) is 11.6 Å². The first-order chi connectivity index (χ1) is 8.28. The lowest BCUT2D eigenvalue weighted by Gasteiger charge is -1.93. The van der Waals surface area contributed by atoms with E-state index in [-0.39, 0.29) is 0 Å². The predicted molar refractivity (Wildman–Crippen MR) is 68.7 cm³/mol. The average molecular weight is 221 g/mol. The second-order valence-corrected chi connectivity index (χ2v) is 3.75. The molecule has 0 amide bonds. The number of aryl methyl sites for hydroxylation is 1. The van der Waals surface area contributed by atoms with Crippen LogP contribution >= 0.6 is 0 Å². The number of hydrogen-bond acceptors (Lipinski definition) is 1. The van der Waals surface area contributed by atoms with Crippen LogP contribution in [-0.2, 0) is 7.05 Å². The maximum absolute atomic E-state index is 5.30. The molecule has 1 aromatic carbocycles. The van der Waals surface area contributed by atoms with Crippen LogP contribution in [0.3, 0.4) is 0 Å². The first-order valence-corrected chi connectivity index (χ1v) is 5.34. The van der Waals surface area contributed by atoms with Crippen LogP contribution in [0.15, 0.2) is 42.9 Å². The van der Waals surface area contributed by atoms with Gasteiger partial charge in [0.15, 0.2) is 5.69 Å². The Morgan fingerprint density at radius 3 is 2.53 bits per heavy atom. The lowest BCUT2D eigenvalue weighted by atomic mass is 10.1. The van der Waals surface area contributed by atoms with Gasteiger partial charge in [0.05, 0.1) is 13.2 Å². The summed E-state index contributed by atoms with van der Waals surface area (Å²) in [5.41, 5.74) is 2.94. The Labute approximate surface area is 101 Å². The van der Waals surface area contributed by atoms with Crippen LogP contribution in [0.1, 0.15) is 16.8 Å². The van der Waals surface area contributed by atoms with Gasteiger partial charge in [0.1, 0.15) is 0 Å². The fourth-order valence-electron chi connectivity index (χ4n) is 1.40. The largest absolute Gasteiger partial charge is 0.286 e. The molecule has 0 N–H and O–H groups in total. The van der Waals surface area contributed by atoms with Crippen LogP contribution < -0.4 is 4.57 Å². The molecule has 0 saturated carbocycles. The fraction of sp³-hybridized carbons (Fsp3) is 0.0667. The summed E-state index contributed by atoms with van der Waals surface area (Å²) >= 11 is 0. The highest BCUT2D eigenvalue weighted by molar-refractivity contribution is 5.67. The molecule has 0 saturated heterocycles. The molecule has 0 bridgehead atoms. The van der Waals surface area contributed by atoms with Gasteiger partial charge < -0.3 is 0 Å². The van der Waals surface area contributed by atoms with Crippen LogP contribution in [0.25, 0.3) is 12.2 Å². The molecule has 0 fully saturated rings. The van der Waals surface area contributed by atoms with Crippen molar-refractivity contribution in [1.82, 2.24) is 4.98 Å². The predicted octanol–water partition coefficient (Wildman–Crippen LogP) is 2.06. The number of terminal acetylenes is 1. The molecule has 2 rings (SSSR count). The normalized spacial score (nSPS) is 10.4. The van der Waals surface area contributed by atoms with E-state index in [0.29, 0.717) is 0 Å². The Morgan fingerprint density at radius 1 is 1.18 bits per heavy atom. The van der Waals surface area contributed by atoms with E-state index in [1.165, 1.54) is 0 Å². The maximum atomic E-state index is 5.30. The van der Waals surface area contributed by atoms with Crippen LogP contribution in [0.2, 0.25) is 0 Å². The Bertz CT molecular complexity index is 557. The van der Waals surface area contributed by atoms with Crippen molar-refractivity contribution < 1.29 is 4.57 Å². The van der Waals surface area contributed by atoms with Gasteiger partial charge in [-0.2, -0.15) is 0 Å². The molecule has 0 aliphatic heterocycles. The van der Waals surface area contributed by atoms with E-state index >= 15 is 0 Å². The van der Waals surface area contributed by atoms with Gasteiger partial charge >= 0.3 is 0 Å². The summed E-state index contributed by atoms with van der Waals surface area (Å²) in [5, 5.41) is 0. The number of benzene rings is 1. The zero-order valence-corrected chi connectivity index (χ0v) is 9.67. The minimum atomic E-state index is 0.895. The number of hydrogen-bond donors (Lipinski definition) is 0. The quantitative estimate of drug-likeness (QED) is 0.560.